The predicted molar refractivity (Wildman–Crippen MR) is 317 cm³/mol. The molecule has 6 heterocycles. The summed E-state index contributed by atoms with van der Waals surface area (Å²) >= 11 is 3.54. The zero-order valence-corrected chi connectivity index (χ0v) is 53.4. The molecular weight excluding hydrogens is 1150 g/mol. The zero-order valence-electron chi connectivity index (χ0n) is 48.9. The van der Waals surface area contributed by atoms with Crippen LogP contribution in [0, 0.1) is 41.9 Å². The smallest absolute Gasteiger partial charge is 0.512 e. The molecule has 0 saturated carbocycles. The fourth-order valence-electron chi connectivity index (χ4n) is 11.6. The summed E-state index contributed by atoms with van der Waals surface area (Å²) in [5.41, 5.74) is 17.0. The van der Waals surface area contributed by atoms with E-state index in [0.717, 1.165) is 147 Å². The van der Waals surface area contributed by atoms with Gasteiger partial charge in [0.15, 0.2) is 11.6 Å². The number of aryl methyl sites for hydroxylation is 2. The van der Waals surface area contributed by atoms with Crippen molar-refractivity contribution in [2.24, 2.45) is 0 Å². The quantitative estimate of drug-likeness (QED) is 0.0739. The van der Waals surface area contributed by atoms with E-state index < -0.39 is 11.6 Å². The third kappa shape index (κ3) is 15.3. The largest absolute Gasteiger partial charge is 2.00 e. The summed E-state index contributed by atoms with van der Waals surface area (Å²) in [5, 5.41) is 12.5. The van der Waals surface area contributed by atoms with E-state index in [0.29, 0.717) is 5.82 Å². The van der Waals surface area contributed by atoms with Crippen LogP contribution in [0.15, 0.2) is 89.8 Å². The van der Waals surface area contributed by atoms with E-state index in [1.54, 1.807) is 18.3 Å². The maximum atomic E-state index is 14.0. The minimum Gasteiger partial charge on any atom is -0.512 e. The van der Waals surface area contributed by atoms with Crippen LogP contribution in [0.1, 0.15) is 164 Å². The number of pyridine rings is 4. The van der Waals surface area contributed by atoms with Crippen molar-refractivity contribution < 1.29 is 47.2 Å². The first-order chi connectivity index (χ1) is 38.8. The number of nitrogens with zero attached hydrogens (tertiary/aromatic N) is 7. The Kier molecular flexibility index (Phi) is 22.9. The summed E-state index contributed by atoms with van der Waals surface area (Å²) in [6.07, 6.45) is 21.5. The standard InChI is InChI=1S/C33H36FN3O2.C32H36BrFN2O2.2CN.Zn/c1-7-24-18-25(39-33(4,5)38-24)15-16-27-30(21-11-13-23(34)14-12-21)26-10-8-9-22-17-29(35-6)36-19-28(22)32(26)37-31(27)20(2)3;1-6-23-17-24(38-32(4,5)37-23)14-15-26-29(20-10-12-22(34)13-11-20)25-9-7-8-21-16-28(33)35-18-27(21)31(25)36-30(26)19(2)3;2*1-2;/h11-17,19-20,24-25H,7-10,18H2,1-5H3;10-16,18-19,23-24H,6-9,17H2,1-5H3;;;/q;;2*-1;+2/b16-15+;15-14+;;;/t24-,25+;23-,24+;;;/m00.../s1. The molecule has 422 valence electrons. The molecule has 82 heavy (non-hydrogen) atoms. The molecule has 10 rings (SSSR count). The minimum absolute atomic E-state index is 0. The maximum Gasteiger partial charge on any atom is 2.00 e. The Hall–Kier alpha value is -6.21. The molecule has 0 spiro atoms. The van der Waals surface area contributed by atoms with Gasteiger partial charge in [-0.2, -0.15) is 0 Å². The first-order valence-corrected chi connectivity index (χ1v) is 28.8. The van der Waals surface area contributed by atoms with Crippen molar-refractivity contribution in [3.63, 3.8) is 0 Å². The average Bonchev–Trinajstić information content (AvgIpc) is 3.83. The van der Waals surface area contributed by atoms with Crippen LogP contribution in [0.4, 0.5) is 14.6 Å². The second-order valence-corrected chi connectivity index (χ2v) is 23.1. The number of aromatic nitrogens is 4. The maximum absolute atomic E-state index is 14.0. The van der Waals surface area contributed by atoms with E-state index in [9.17, 15) is 8.78 Å². The van der Waals surface area contributed by atoms with Crippen molar-refractivity contribution in [1.29, 1.82) is 10.5 Å². The Labute approximate surface area is 505 Å². The Bertz CT molecular complexity index is 3330. The Balaban J connectivity index is 0.000000246. The fourth-order valence-corrected chi connectivity index (χ4v) is 11.9. The summed E-state index contributed by atoms with van der Waals surface area (Å²) in [7, 11) is 0. The monoisotopic (exact) mass is 1220 g/mol. The van der Waals surface area contributed by atoms with Gasteiger partial charge in [-0.3, -0.25) is 9.97 Å². The van der Waals surface area contributed by atoms with Crippen molar-refractivity contribution in [2.75, 3.05) is 0 Å². The number of benzene rings is 2. The van der Waals surface area contributed by atoms with Crippen LogP contribution in [-0.4, -0.2) is 55.9 Å². The number of ether oxygens (including phenoxy) is 4. The Morgan fingerprint density at radius 1 is 0.634 bits per heavy atom. The summed E-state index contributed by atoms with van der Waals surface area (Å²) in [6.45, 7) is 37.8. The van der Waals surface area contributed by atoms with E-state index in [-0.39, 0.29) is 67.4 Å². The van der Waals surface area contributed by atoms with Crippen LogP contribution in [0.3, 0.4) is 0 Å². The summed E-state index contributed by atoms with van der Waals surface area (Å²) in [4.78, 5) is 23.1. The molecule has 0 radical (unpaired) electrons. The molecule has 2 fully saturated rings. The summed E-state index contributed by atoms with van der Waals surface area (Å²) in [6, 6.07) is 17.6. The first kappa shape index (κ1) is 65.0. The molecule has 0 bridgehead atoms. The summed E-state index contributed by atoms with van der Waals surface area (Å²) in [5.74, 6) is -1.05. The molecule has 2 aliphatic carbocycles. The third-order valence-electron chi connectivity index (χ3n) is 15.0. The fraction of sp³-hybridized carbons (Fsp3) is 0.418. The van der Waals surface area contributed by atoms with Crippen LogP contribution >= 0.6 is 15.9 Å². The first-order valence-electron chi connectivity index (χ1n) is 28.0. The third-order valence-corrected chi connectivity index (χ3v) is 15.5. The zero-order chi connectivity index (χ0) is 58.8. The number of fused-ring (bicyclic) bond motifs is 6. The van der Waals surface area contributed by atoms with Gasteiger partial charge in [-0.1, -0.05) is 96.7 Å². The predicted octanol–water partition coefficient (Wildman–Crippen LogP) is 17.3. The van der Waals surface area contributed by atoms with Gasteiger partial charge in [-0.25, -0.2) is 13.8 Å². The molecule has 2 saturated heterocycles. The van der Waals surface area contributed by atoms with Crippen molar-refractivity contribution in [1.82, 2.24) is 19.9 Å². The van der Waals surface area contributed by atoms with Crippen LogP contribution in [0.5, 0.6) is 0 Å². The molecule has 4 aliphatic rings. The molecule has 2 aliphatic heterocycles. The van der Waals surface area contributed by atoms with Crippen LogP contribution in [-0.2, 0) is 64.1 Å². The molecule has 4 aromatic heterocycles. The molecule has 6 aromatic rings. The van der Waals surface area contributed by atoms with E-state index in [2.05, 4.69) is 103 Å². The molecule has 0 N–H and O–H groups in total. The second kappa shape index (κ2) is 28.9. The summed E-state index contributed by atoms with van der Waals surface area (Å²) < 4.78 is 53.6. The average molecular weight is 1220 g/mol. The van der Waals surface area contributed by atoms with Gasteiger partial charge in [0.05, 0.1) is 47.2 Å². The molecule has 0 amide bonds. The van der Waals surface area contributed by atoms with Gasteiger partial charge in [0.1, 0.15) is 22.4 Å². The molecular formula is C67H72BrF2N7O4Zn. The van der Waals surface area contributed by atoms with Gasteiger partial charge >= 0.3 is 19.5 Å². The van der Waals surface area contributed by atoms with Crippen LogP contribution in [0.25, 0.3) is 61.8 Å². The molecule has 15 heteroatoms. The molecule has 0 unspecified atom stereocenters. The number of hydrogen-bond donors (Lipinski definition) is 0. The normalized spacial score (nSPS) is 19.4. The van der Waals surface area contributed by atoms with Gasteiger partial charge < -0.3 is 47.5 Å². The van der Waals surface area contributed by atoms with Crippen LogP contribution < -0.4 is 0 Å². The van der Waals surface area contributed by atoms with E-state index in [1.807, 2.05) is 64.2 Å². The van der Waals surface area contributed by atoms with Gasteiger partial charge in [0, 0.05) is 41.3 Å². The topological polar surface area (TPSA) is 140 Å². The number of halogens is 3. The van der Waals surface area contributed by atoms with Crippen LogP contribution in [0.2, 0.25) is 0 Å². The Morgan fingerprint density at radius 2 is 1.04 bits per heavy atom. The number of hydrogen-bond acceptors (Lipinski definition) is 10. The van der Waals surface area contributed by atoms with Gasteiger partial charge in [-0.15, -0.1) is 4.98 Å². The van der Waals surface area contributed by atoms with Crippen molar-refractivity contribution >= 4 is 33.9 Å². The SMILES string of the molecule is CC[C@H]1C[C@@H](/C=C/c2c(C(C)C)nc3c(c2-c2ccc(F)cc2)CCCc2cc(Br)ncc2-3)OC(C)(C)O1.[C-]#N.[C-]#N.[C-]#[N+]c1cc2c(cn1)-c1nc(C(C)C)c(/C=C/[C@@H]3C[C@H](CC)OC(C)(C)O3)c(-c3ccc(F)cc3)c1CCC2.[Zn+2]. The van der Waals surface area contributed by atoms with E-state index in [1.165, 1.54) is 23.3 Å². The molecule has 4 atom stereocenters. The van der Waals surface area contributed by atoms with Gasteiger partial charge in [-0.05, 0) is 188 Å². The number of rotatable bonds is 10. The second-order valence-electron chi connectivity index (χ2n) is 22.3. The Morgan fingerprint density at radius 3 is 1.43 bits per heavy atom. The van der Waals surface area contributed by atoms with Gasteiger partial charge in [0.2, 0.25) is 0 Å². The van der Waals surface area contributed by atoms with Crippen molar-refractivity contribution in [3.05, 3.63) is 171 Å². The molecule has 2 aromatic carbocycles. The minimum atomic E-state index is -0.651. The van der Waals surface area contributed by atoms with E-state index in [4.69, 9.17) is 59.2 Å². The van der Waals surface area contributed by atoms with Crippen molar-refractivity contribution in [2.45, 2.75) is 181 Å². The van der Waals surface area contributed by atoms with Crippen molar-refractivity contribution in [3.8, 4) is 44.8 Å². The van der Waals surface area contributed by atoms with E-state index >= 15 is 0 Å². The molecule has 11 nitrogen and oxygen atoms in total. The van der Waals surface area contributed by atoms with Gasteiger partial charge in [0.25, 0.3) is 5.82 Å².